The van der Waals surface area contributed by atoms with E-state index in [4.69, 9.17) is 10.5 Å². The van der Waals surface area contributed by atoms with Gasteiger partial charge in [0.25, 0.3) is 0 Å². The Labute approximate surface area is 223 Å². The number of aliphatic hydroxyl groups is 2. The molecule has 0 bridgehead atoms. The van der Waals surface area contributed by atoms with Crippen LogP contribution in [0, 0.1) is 0 Å². The number of nitrogens with zero attached hydrogens (tertiary/aromatic N) is 6. The molecule has 0 radical (unpaired) electrons. The summed E-state index contributed by atoms with van der Waals surface area (Å²) in [6.45, 7) is 8.24. The third kappa shape index (κ3) is 6.12. The summed E-state index contributed by atoms with van der Waals surface area (Å²) in [6, 6.07) is 8.25. The Bertz CT molecular complexity index is 1240. The van der Waals surface area contributed by atoms with Gasteiger partial charge in [0.05, 0.1) is 12.7 Å². The Hall–Kier alpha value is -3.12. The summed E-state index contributed by atoms with van der Waals surface area (Å²) in [7, 11) is 3.75. The average molecular weight is 526 g/mol. The number of anilines is 1. The first-order chi connectivity index (χ1) is 18.0. The van der Waals surface area contributed by atoms with E-state index in [1.165, 1.54) is 18.2 Å². The first-order valence-corrected chi connectivity index (χ1v) is 12.9. The van der Waals surface area contributed by atoms with Crippen LogP contribution in [0.5, 0.6) is 0 Å². The Morgan fingerprint density at radius 2 is 1.79 bits per heavy atom. The highest BCUT2D eigenvalue weighted by Crippen LogP contribution is 2.32. The Morgan fingerprint density at radius 1 is 1.08 bits per heavy atom. The SMILES string of the molecule is CN(CCCN(C)C(=O)Cc1ccc(C(C)(C)C)cc1)C[C@H]1O[C@@H](n2cnc3c(N)ncnc32)[C@H](O)[C@@H]1O. The van der Waals surface area contributed by atoms with E-state index >= 15 is 0 Å². The lowest BCUT2D eigenvalue weighted by atomic mass is 9.86. The Morgan fingerprint density at radius 3 is 2.47 bits per heavy atom. The van der Waals surface area contributed by atoms with Gasteiger partial charge < -0.3 is 30.5 Å². The average Bonchev–Trinajstić information content (AvgIpc) is 3.41. The molecule has 0 saturated carbocycles. The largest absolute Gasteiger partial charge is 0.387 e. The molecule has 3 heterocycles. The van der Waals surface area contributed by atoms with Gasteiger partial charge in [-0.3, -0.25) is 9.36 Å². The molecule has 4 rings (SSSR count). The van der Waals surface area contributed by atoms with Gasteiger partial charge in [-0.2, -0.15) is 0 Å². The fourth-order valence-corrected chi connectivity index (χ4v) is 4.70. The predicted molar refractivity (Wildman–Crippen MR) is 144 cm³/mol. The smallest absolute Gasteiger partial charge is 0.226 e. The molecule has 1 aliphatic heterocycles. The standard InChI is InChI=1S/C27H39N7O4/c1-27(2,3)18-9-7-17(8-10-18)13-20(35)33(5)12-6-11-32(4)14-19-22(36)23(37)26(38-19)34-16-31-21-24(28)29-15-30-25(21)34/h7-10,15-16,19,22-23,26,36-37H,6,11-14H2,1-5H3,(H2,28,29,30)/t19-,22-,23-,26-/m1/s1. The molecule has 2 aromatic heterocycles. The van der Waals surface area contributed by atoms with E-state index < -0.39 is 24.5 Å². The predicted octanol–water partition coefficient (Wildman–Crippen LogP) is 1.35. The molecule has 3 aromatic rings. The van der Waals surface area contributed by atoms with Gasteiger partial charge in [0, 0.05) is 20.1 Å². The van der Waals surface area contributed by atoms with Crippen LogP contribution in [0.25, 0.3) is 11.2 Å². The number of rotatable bonds is 9. The summed E-state index contributed by atoms with van der Waals surface area (Å²) in [5.41, 5.74) is 9.04. The summed E-state index contributed by atoms with van der Waals surface area (Å²) in [5.74, 6) is 0.314. The molecule has 11 nitrogen and oxygen atoms in total. The maximum Gasteiger partial charge on any atom is 0.226 e. The van der Waals surface area contributed by atoms with Crippen molar-refractivity contribution in [3.05, 3.63) is 48.0 Å². The molecule has 1 saturated heterocycles. The number of carbonyl (C=O) groups excluding carboxylic acids is 1. The molecule has 1 fully saturated rings. The lowest BCUT2D eigenvalue weighted by Gasteiger charge is -2.24. The van der Waals surface area contributed by atoms with Gasteiger partial charge in [0.1, 0.15) is 30.2 Å². The number of nitrogens with two attached hydrogens (primary N) is 1. The summed E-state index contributed by atoms with van der Waals surface area (Å²) >= 11 is 0. The van der Waals surface area contributed by atoms with Gasteiger partial charge in [-0.1, -0.05) is 45.0 Å². The molecule has 206 valence electrons. The van der Waals surface area contributed by atoms with E-state index in [1.807, 2.05) is 31.1 Å². The molecule has 38 heavy (non-hydrogen) atoms. The summed E-state index contributed by atoms with van der Waals surface area (Å²) < 4.78 is 7.59. The van der Waals surface area contributed by atoms with Crippen LogP contribution in [0.15, 0.2) is 36.9 Å². The minimum Gasteiger partial charge on any atom is -0.387 e. The number of carbonyl (C=O) groups is 1. The highest BCUT2D eigenvalue weighted by Gasteiger charge is 2.44. The summed E-state index contributed by atoms with van der Waals surface area (Å²) in [4.78, 5) is 28.8. The van der Waals surface area contributed by atoms with E-state index in [0.29, 0.717) is 37.2 Å². The molecular formula is C27H39N7O4. The molecule has 1 amide bonds. The van der Waals surface area contributed by atoms with Crippen molar-refractivity contribution in [2.75, 3.05) is 39.5 Å². The minimum atomic E-state index is -1.15. The first kappa shape index (κ1) is 27.9. The topological polar surface area (TPSA) is 143 Å². The number of hydrogen-bond acceptors (Lipinski definition) is 9. The first-order valence-electron chi connectivity index (χ1n) is 12.9. The Balaban J connectivity index is 1.24. The molecular weight excluding hydrogens is 486 g/mol. The number of fused-ring (bicyclic) bond motifs is 1. The van der Waals surface area contributed by atoms with Crippen molar-refractivity contribution in [1.29, 1.82) is 0 Å². The lowest BCUT2D eigenvalue weighted by molar-refractivity contribution is -0.129. The van der Waals surface area contributed by atoms with Gasteiger partial charge in [-0.25, -0.2) is 15.0 Å². The molecule has 1 aromatic carbocycles. The van der Waals surface area contributed by atoms with Crippen LogP contribution in [-0.2, 0) is 21.4 Å². The van der Waals surface area contributed by atoms with Crippen LogP contribution in [0.1, 0.15) is 44.5 Å². The fraction of sp³-hybridized carbons (Fsp3) is 0.556. The number of aromatic nitrogens is 4. The number of nitrogen functional groups attached to an aromatic ring is 1. The van der Waals surface area contributed by atoms with Crippen molar-refractivity contribution >= 4 is 22.9 Å². The second-order valence-corrected chi connectivity index (χ2v) is 11.2. The van der Waals surface area contributed by atoms with Crippen molar-refractivity contribution in [1.82, 2.24) is 29.3 Å². The highest BCUT2D eigenvalue weighted by molar-refractivity contribution is 5.81. The van der Waals surface area contributed by atoms with Crippen LogP contribution in [0.2, 0.25) is 0 Å². The monoisotopic (exact) mass is 525 g/mol. The van der Waals surface area contributed by atoms with E-state index in [1.54, 1.807) is 9.47 Å². The maximum atomic E-state index is 12.7. The van der Waals surface area contributed by atoms with E-state index in [0.717, 1.165) is 12.0 Å². The number of aliphatic hydroxyl groups excluding tert-OH is 2. The van der Waals surface area contributed by atoms with Gasteiger partial charge in [0.2, 0.25) is 5.91 Å². The van der Waals surface area contributed by atoms with E-state index in [2.05, 4.69) is 47.9 Å². The zero-order valence-electron chi connectivity index (χ0n) is 22.8. The quantitative estimate of drug-likeness (QED) is 0.377. The normalized spacial score (nSPS) is 21.9. The fourth-order valence-electron chi connectivity index (χ4n) is 4.70. The van der Waals surface area contributed by atoms with Crippen molar-refractivity contribution in [3.8, 4) is 0 Å². The van der Waals surface area contributed by atoms with Crippen molar-refractivity contribution in [3.63, 3.8) is 0 Å². The molecule has 0 aliphatic carbocycles. The number of amides is 1. The summed E-state index contributed by atoms with van der Waals surface area (Å²) in [5, 5.41) is 21.3. The van der Waals surface area contributed by atoms with Crippen molar-refractivity contribution in [2.45, 2.75) is 63.6 Å². The lowest BCUT2D eigenvalue weighted by Crippen LogP contribution is -2.39. The molecule has 1 aliphatic rings. The maximum absolute atomic E-state index is 12.7. The van der Waals surface area contributed by atoms with Gasteiger partial charge >= 0.3 is 0 Å². The van der Waals surface area contributed by atoms with Gasteiger partial charge in [-0.05, 0) is 36.6 Å². The van der Waals surface area contributed by atoms with Crippen molar-refractivity contribution in [2.24, 2.45) is 0 Å². The third-order valence-corrected chi connectivity index (χ3v) is 7.12. The van der Waals surface area contributed by atoms with Crippen molar-refractivity contribution < 1.29 is 19.7 Å². The number of imidazole rings is 1. The minimum absolute atomic E-state index is 0.0775. The molecule has 4 N–H and O–H groups in total. The molecule has 4 atom stereocenters. The molecule has 0 spiro atoms. The zero-order chi connectivity index (χ0) is 27.6. The number of benzene rings is 1. The highest BCUT2D eigenvalue weighted by atomic mass is 16.6. The number of ether oxygens (including phenoxy) is 1. The molecule has 0 unspecified atom stereocenters. The van der Waals surface area contributed by atoms with Gasteiger partial charge in [-0.15, -0.1) is 0 Å². The van der Waals surface area contributed by atoms with Crippen LogP contribution >= 0.6 is 0 Å². The van der Waals surface area contributed by atoms with Crippen LogP contribution in [-0.4, -0.2) is 97.5 Å². The van der Waals surface area contributed by atoms with Gasteiger partial charge in [0.15, 0.2) is 17.7 Å². The van der Waals surface area contributed by atoms with Crippen LogP contribution < -0.4 is 5.73 Å². The van der Waals surface area contributed by atoms with E-state index in [9.17, 15) is 15.0 Å². The molecule has 11 heteroatoms. The van der Waals surface area contributed by atoms with E-state index in [-0.39, 0.29) is 17.1 Å². The third-order valence-electron chi connectivity index (χ3n) is 7.12. The van der Waals surface area contributed by atoms with Crippen LogP contribution in [0.3, 0.4) is 0 Å². The second kappa shape index (κ2) is 11.3. The second-order valence-electron chi connectivity index (χ2n) is 11.2. The summed E-state index contributed by atoms with van der Waals surface area (Å²) in [6.07, 6.45) is 0.265. The number of likely N-dealkylation sites (N-methyl/N-ethyl adjacent to an activating group) is 2. The zero-order valence-corrected chi connectivity index (χ0v) is 22.8. The Kier molecular flexibility index (Phi) is 8.31. The number of hydrogen-bond donors (Lipinski definition) is 3. The van der Waals surface area contributed by atoms with Crippen LogP contribution in [0.4, 0.5) is 5.82 Å².